The van der Waals surface area contributed by atoms with Crippen molar-refractivity contribution in [3.05, 3.63) is 221 Å². The summed E-state index contributed by atoms with van der Waals surface area (Å²) < 4.78 is 0. The maximum absolute atomic E-state index is 13.1. The first-order valence-electron chi connectivity index (χ1n) is 27.1. The molecule has 1 atom stereocenters. The molecule has 8 nitrogen and oxygen atoms in total. The van der Waals surface area contributed by atoms with Crippen LogP contribution in [0.2, 0.25) is 0 Å². The molecule has 75 heavy (non-hydrogen) atoms. The third-order valence-corrected chi connectivity index (χ3v) is 15.1. The Morgan fingerprint density at radius 2 is 0.920 bits per heavy atom. The van der Waals surface area contributed by atoms with Crippen molar-refractivity contribution in [2.75, 3.05) is 36.0 Å². The highest BCUT2D eigenvalue weighted by atomic mass is 16.2. The van der Waals surface area contributed by atoms with E-state index in [9.17, 15) is 9.59 Å². The van der Waals surface area contributed by atoms with Gasteiger partial charge >= 0.3 is 0 Å². The number of quaternary nitrogens is 1. The normalized spacial score (nSPS) is 14.6. The zero-order valence-electron chi connectivity index (χ0n) is 43.7. The van der Waals surface area contributed by atoms with Crippen molar-refractivity contribution in [2.45, 2.75) is 66.2 Å². The lowest BCUT2D eigenvalue weighted by Crippen LogP contribution is -3.07. The Bertz CT molecular complexity index is 3340. The van der Waals surface area contributed by atoms with Crippen LogP contribution in [0.3, 0.4) is 0 Å². The molecule has 11 rings (SSSR count). The van der Waals surface area contributed by atoms with Crippen molar-refractivity contribution in [3.8, 4) is 22.3 Å². The van der Waals surface area contributed by atoms with E-state index in [0.29, 0.717) is 23.6 Å². The van der Waals surface area contributed by atoms with Crippen LogP contribution in [-0.4, -0.2) is 47.8 Å². The van der Waals surface area contributed by atoms with Crippen LogP contribution in [0, 0.1) is 5.92 Å². The number of nitrogens with one attached hydrogen (secondary N) is 1. The van der Waals surface area contributed by atoms with Crippen LogP contribution in [0.25, 0.3) is 38.9 Å². The number of para-hydroxylation sites is 4. The number of hydrogen-bond acceptors (Lipinski definition) is 5. The van der Waals surface area contributed by atoms with Crippen molar-refractivity contribution in [1.82, 2.24) is 9.80 Å². The van der Waals surface area contributed by atoms with Gasteiger partial charge in [0.05, 0.1) is 23.2 Å². The lowest BCUT2D eigenvalue weighted by molar-refractivity contribution is -0.805. The number of fused-ring (bicyclic) bond motifs is 3. The molecule has 0 radical (unpaired) electrons. The molecular weight excluding hydrogens is 921 g/mol. The second-order valence-corrected chi connectivity index (χ2v) is 20.4. The molecule has 1 N–H and O–H groups in total. The minimum atomic E-state index is -0.170. The summed E-state index contributed by atoms with van der Waals surface area (Å²) in [4.78, 5) is 35.0. The van der Waals surface area contributed by atoms with Gasteiger partial charge < -0.3 is 25.1 Å². The fraction of sp³-hybridized carbons (Fsp3) is 0.224. The average Bonchev–Trinajstić information content (AvgIpc) is 3.74. The minimum Gasteiger partial charge on any atom is -0.478 e. The molecule has 0 spiro atoms. The quantitative estimate of drug-likeness (QED) is 0.0646. The molecule has 3 heterocycles. The van der Waals surface area contributed by atoms with E-state index in [2.05, 4.69) is 212 Å². The first-order chi connectivity index (χ1) is 36.8. The fourth-order valence-electron chi connectivity index (χ4n) is 11.6. The van der Waals surface area contributed by atoms with Crippen molar-refractivity contribution < 1.29 is 14.6 Å². The second kappa shape index (κ2) is 21.7. The molecule has 3 aliphatic rings. The standard InChI is InChI=1S/C67H66N6O2/c1-5-48-46-69(43-23-7-8-24-44-70-66(74)57-33-21-22-34-58(57)67(70)75)59(6-2)63-60(48)61(49-35-39-55(40-36-49)72(51-25-13-9-14-26-51)52-27-15-10-16-28-52)64-65(71(68-64)45-47(3)4)62(63)50-37-41-56(42-38-50)73(53-29-17-11-18-30-53)54-31-19-12-20-32-54/h9-22,25-42,47,71H,5-8,23-24,43-46H2,1-4H3. The van der Waals surface area contributed by atoms with Gasteiger partial charge in [-0.15, -0.1) is 0 Å². The molecule has 3 aliphatic heterocycles. The highest BCUT2D eigenvalue weighted by Crippen LogP contribution is 2.47. The van der Waals surface area contributed by atoms with Gasteiger partial charge in [-0.05, 0) is 144 Å². The van der Waals surface area contributed by atoms with Crippen molar-refractivity contribution in [1.29, 1.82) is 0 Å². The monoisotopic (exact) mass is 987 g/mol. The van der Waals surface area contributed by atoms with Crippen LogP contribution in [0.15, 0.2) is 194 Å². The Labute approximate surface area is 442 Å². The molecule has 2 amide bonds. The fourth-order valence-corrected chi connectivity index (χ4v) is 11.6. The lowest BCUT2D eigenvalue weighted by atomic mass is 9.84. The smallest absolute Gasteiger partial charge is 0.261 e. The minimum absolute atomic E-state index is 0.170. The number of anilines is 6. The van der Waals surface area contributed by atoms with Gasteiger partial charge in [0.1, 0.15) is 5.69 Å². The maximum Gasteiger partial charge on any atom is 0.261 e. The van der Waals surface area contributed by atoms with Crippen LogP contribution in [0.5, 0.6) is 0 Å². The number of unbranched alkanes of at least 4 members (excludes halogenated alkanes) is 3. The van der Waals surface area contributed by atoms with Crippen molar-refractivity contribution in [3.63, 3.8) is 0 Å². The zero-order chi connectivity index (χ0) is 51.4. The molecule has 0 fully saturated rings. The second-order valence-electron chi connectivity index (χ2n) is 20.4. The number of imide groups is 1. The highest BCUT2D eigenvalue weighted by molar-refractivity contribution is 6.21. The number of benzene rings is 8. The van der Waals surface area contributed by atoms with Gasteiger partial charge in [0.15, 0.2) is 0 Å². The SMILES string of the molecule is CCC1=c2c(-c3ccc(N(c4ccccc4)c4ccccc4)cc3)c3c(c(-c4ccc(N(c5ccccc5)c5ccccc5)cc4)c2=C(CC)N(CCCCCCN2C(=O)c4ccccc4C2=O)C1)[NH+](CC(C)C)[N-]3. The number of hydrogen-bond donors (Lipinski definition) is 1. The van der Waals surface area contributed by atoms with Crippen molar-refractivity contribution in [2.24, 2.45) is 5.92 Å². The number of carbonyl (C=O) groups is 2. The predicted octanol–water partition coefficient (Wildman–Crippen LogP) is 14.3. The van der Waals surface area contributed by atoms with Gasteiger partial charge in [-0.3, -0.25) is 14.5 Å². The third kappa shape index (κ3) is 9.51. The van der Waals surface area contributed by atoms with Gasteiger partial charge in [0.2, 0.25) is 0 Å². The molecule has 0 saturated carbocycles. The third-order valence-electron chi connectivity index (χ3n) is 15.1. The van der Waals surface area contributed by atoms with E-state index in [1.807, 2.05) is 12.1 Å². The molecule has 0 saturated heterocycles. The number of nitrogens with zero attached hydrogens (tertiary/aromatic N) is 5. The average molecular weight is 987 g/mol. The van der Waals surface area contributed by atoms with Gasteiger partial charge in [-0.2, -0.15) is 0 Å². The van der Waals surface area contributed by atoms with Crippen LogP contribution in [-0.2, 0) is 0 Å². The number of rotatable bonds is 19. The van der Waals surface area contributed by atoms with Gasteiger partial charge in [0.25, 0.3) is 11.8 Å². The predicted molar refractivity (Wildman–Crippen MR) is 309 cm³/mol. The number of amides is 2. The van der Waals surface area contributed by atoms with E-state index in [1.54, 1.807) is 12.1 Å². The molecule has 8 heteroatoms. The van der Waals surface area contributed by atoms with Crippen LogP contribution >= 0.6 is 0 Å². The summed E-state index contributed by atoms with van der Waals surface area (Å²) in [5.41, 5.74) is 23.3. The van der Waals surface area contributed by atoms with Crippen LogP contribution in [0.4, 0.5) is 45.5 Å². The zero-order valence-corrected chi connectivity index (χ0v) is 43.7. The van der Waals surface area contributed by atoms with Gasteiger partial charge in [-0.1, -0.05) is 150 Å². The largest absolute Gasteiger partial charge is 0.478 e. The number of carbonyl (C=O) groups excluding carboxylic acids is 2. The lowest BCUT2D eigenvalue weighted by Gasteiger charge is -2.49. The summed E-state index contributed by atoms with van der Waals surface area (Å²) in [7, 11) is 0. The van der Waals surface area contributed by atoms with E-state index in [1.165, 1.54) is 59.6 Å². The van der Waals surface area contributed by atoms with E-state index in [4.69, 9.17) is 5.43 Å². The molecule has 1 unspecified atom stereocenters. The van der Waals surface area contributed by atoms with E-state index < -0.39 is 0 Å². The molecule has 376 valence electrons. The summed E-state index contributed by atoms with van der Waals surface area (Å²) in [5.74, 6) is 0.0899. The molecule has 8 aromatic rings. The van der Waals surface area contributed by atoms with E-state index in [-0.39, 0.29) is 11.8 Å². The molecule has 0 aromatic heterocycles. The highest BCUT2D eigenvalue weighted by Gasteiger charge is 2.35. The Kier molecular flexibility index (Phi) is 14.2. The summed E-state index contributed by atoms with van der Waals surface area (Å²) in [6, 6.07) is 68.2. The van der Waals surface area contributed by atoms with Crippen molar-refractivity contribution >= 4 is 68.6 Å². The molecule has 8 aromatic carbocycles. The first-order valence-corrected chi connectivity index (χ1v) is 27.1. The molecule has 0 aliphatic carbocycles. The van der Waals surface area contributed by atoms with Crippen LogP contribution in [0.1, 0.15) is 86.9 Å². The summed E-state index contributed by atoms with van der Waals surface area (Å²) >= 11 is 0. The Morgan fingerprint density at radius 3 is 1.36 bits per heavy atom. The molecule has 0 bridgehead atoms. The van der Waals surface area contributed by atoms with E-state index in [0.717, 1.165) is 98.0 Å². The summed E-state index contributed by atoms with van der Waals surface area (Å²) in [5, 5.41) is 3.85. The molecular formula is C67H66N6O2. The first kappa shape index (κ1) is 49.0. The van der Waals surface area contributed by atoms with Crippen LogP contribution < -0.4 is 25.2 Å². The Balaban J connectivity index is 1.02. The Hall–Kier alpha value is -8.20. The van der Waals surface area contributed by atoms with Gasteiger partial charge in [0, 0.05) is 70.6 Å². The summed E-state index contributed by atoms with van der Waals surface area (Å²) in [6.45, 7) is 12.4. The van der Waals surface area contributed by atoms with E-state index >= 15 is 0 Å². The Morgan fingerprint density at radius 1 is 0.493 bits per heavy atom. The van der Waals surface area contributed by atoms with Gasteiger partial charge in [-0.25, -0.2) is 0 Å². The summed E-state index contributed by atoms with van der Waals surface area (Å²) in [6.07, 6.45) is 5.53. The topological polar surface area (TPSA) is 65.6 Å². The maximum atomic E-state index is 13.1.